The van der Waals surface area contributed by atoms with E-state index in [1.165, 1.54) is 18.3 Å². The number of carbonyl (C=O) groups is 4. The van der Waals surface area contributed by atoms with Crippen LogP contribution in [0.3, 0.4) is 0 Å². The van der Waals surface area contributed by atoms with E-state index >= 15 is 0 Å². The highest BCUT2D eigenvalue weighted by molar-refractivity contribution is 7.15. The van der Waals surface area contributed by atoms with E-state index in [1.807, 2.05) is 12.1 Å². The lowest BCUT2D eigenvalue weighted by Crippen LogP contribution is -2.47. The van der Waals surface area contributed by atoms with Gasteiger partial charge in [-0.2, -0.15) is 0 Å². The molecule has 0 saturated carbocycles. The van der Waals surface area contributed by atoms with E-state index in [4.69, 9.17) is 14.6 Å². The molecule has 218 valence electrons. The number of nitrogens with zero attached hydrogens (tertiary/aromatic N) is 2. The Bertz CT molecular complexity index is 1210. The van der Waals surface area contributed by atoms with Crippen molar-refractivity contribution < 1.29 is 33.8 Å². The maximum Gasteiger partial charge on any atom is 0.414 e. The number of aliphatic carboxylic acids is 1. The number of carboxylic acids is 1. The molecule has 1 heterocycles. The summed E-state index contributed by atoms with van der Waals surface area (Å²) in [7, 11) is 0. The van der Waals surface area contributed by atoms with Crippen LogP contribution in [0.2, 0.25) is 0 Å². The number of nitrogens with one attached hydrogen (secondary N) is 3. The number of rotatable bonds is 8. The first kappa shape index (κ1) is 32.2. The van der Waals surface area contributed by atoms with Crippen LogP contribution < -0.4 is 16.0 Å². The minimum absolute atomic E-state index is 0.0294. The molecule has 0 aliphatic rings. The second-order valence-corrected chi connectivity index (χ2v) is 11.9. The van der Waals surface area contributed by atoms with Crippen molar-refractivity contribution >= 4 is 52.2 Å². The van der Waals surface area contributed by atoms with Crippen molar-refractivity contribution in [2.24, 2.45) is 4.99 Å². The van der Waals surface area contributed by atoms with E-state index in [-0.39, 0.29) is 18.3 Å². The molecule has 0 atom stereocenters. The fraction of sp³-hybridized carbons (Fsp3) is 0.481. The third kappa shape index (κ3) is 12.7. The molecule has 2 rings (SSSR count). The van der Waals surface area contributed by atoms with Crippen molar-refractivity contribution in [3.63, 3.8) is 0 Å². The number of carbonyl (C=O) groups excluding carboxylic acids is 3. The molecule has 0 bridgehead atoms. The molecule has 4 N–H and O–H groups in total. The van der Waals surface area contributed by atoms with Crippen LogP contribution in [0.15, 0.2) is 29.3 Å². The number of hydrogen-bond acceptors (Lipinski definition) is 9. The Hall–Kier alpha value is -4.00. The van der Waals surface area contributed by atoms with Gasteiger partial charge in [0.15, 0.2) is 5.13 Å². The molecule has 0 unspecified atom stereocenters. The fourth-order valence-electron chi connectivity index (χ4n) is 3.22. The number of ether oxygens (including phenoxy) is 2. The van der Waals surface area contributed by atoms with Crippen molar-refractivity contribution in [1.82, 2.24) is 15.6 Å². The average Bonchev–Trinajstić information content (AvgIpc) is 3.15. The highest BCUT2D eigenvalue weighted by atomic mass is 32.1. The van der Waals surface area contributed by atoms with Gasteiger partial charge in [0.25, 0.3) is 0 Å². The van der Waals surface area contributed by atoms with Crippen LogP contribution in [0.4, 0.5) is 20.4 Å². The minimum Gasteiger partial charge on any atom is -0.481 e. The molecule has 12 nitrogen and oxygen atoms in total. The Morgan fingerprint density at radius 3 is 1.93 bits per heavy atom. The van der Waals surface area contributed by atoms with Gasteiger partial charge in [-0.1, -0.05) is 12.1 Å². The highest BCUT2D eigenvalue weighted by Gasteiger charge is 2.21. The zero-order valence-electron chi connectivity index (χ0n) is 23.8. The molecule has 40 heavy (non-hydrogen) atoms. The Morgan fingerprint density at radius 1 is 0.900 bits per heavy atom. The average molecular weight is 576 g/mol. The molecule has 2 aromatic rings. The van der Waals surface area contributed by atoms with Crippen LogP contribution in [-0.2, 0) is 38.3 Å². The number of benzene rings is 1. The first-order valence-corrected chi connectivity index (χ1v) is 13.5. The van der Waals surface area contributed by atoms with Gasteiger partial charge in [0.05, 0.1) is 17.8 Å². The van der Waals surface area contributed by atoms with Crippen LogP contribution in [0.25, 0.3) is 0 Å². The molecule has 3 amide bonds. The summed E-state index contributed by atoms with van der Waals surface area (Å²) in [5.74, 6) is -1.31. The van der Waals surface area contributed by atoms with E-state index in [1.54, 1.807) is 53.7 Å². The maximum atomic E-state index is 12.3. The Kier molecular flexibility index (Phi) is 11.2. The maximum absolute atomic E-state index is 12.3. The lowest BCUT2D eigenvalue weighted by molar-refractivity contribution is -0.137. The predicted molar refractivity (Wildman–Crippen MR) is 152 cm³/mol. The van der Waals surface area contributed by atoms with E-state index in [9.17, 15) is 19.2 Å². The van der Waals surface area contributed by atoms with Crippen LogP contribution >= 0.6 is 11.3 Å². The number of guanidine groups is 1. The molecule has 0 aliphatic heterocycles. The summed E-state index contributed by atoms with van der Waals surface area (Å²) in [6, 6.07) is 7.13. The zero-order valence-corrected chi connectivity index (χ0v) is 24.7. The number of alkyl carbamates (subject to hydrolysis) is 2. The number of anilines is 1. The number of thiazole rings is 1. The van der Waals surface area contributed by atoms with Gasteiger partial charge in [0.2, 0.25) is 11.9 Å². The van der Waals surface area contributed by atoms with Gasteiger partial charge in [-0.3, -0.25) is 20.2 Å². The summed E-state index contributed by atoms with van der Waals surface area (Å²) >= 11 is 1.28. The smallest absolute Gasteiger partial charge is 0.414 e. The summed E-state index contributed by atoms with van der Waals surface area (Å²) in [5, 5.41) is 17.0. The number of hydrogen-bond donors (Lipinski definition) is 4. The van der Waals surface area contributed by atoms with Crippen molar-refractivity contribution in [2.75, 3.05) is 5.32 Å². The second-order valence-electron chi connectivity index (χ2n) is 10.8. The van der Waals surface area contributed by atoms with Crippen molar-refractivity contribution in [3.05, 3.63) is 40.4 Å². The molecule has 0 spiro atoms. The molecule has 0 fully saturated rings. The third-order valence-corrected chi connectivity index (χ3v) is 5.77. The lowest BCUT2D eigenvalue weighted by atomic mass is 10.1. The first-order chi connectivity index (χ1) is 18.5. The molecular weight excluding hydrogens is 538 g/mol. The number of aromatic nitrogens is 1. The van der Waals surface area contributed by atoms with E-state index in [2.05, 4.69) is 25.9 Å². The zero-order chi connectivity index (χ0) is 30.1. The predicted octanol–water partition coefficient (Wildman–Crippen LogP) is 4.94. The first-order valence-electron chi connectivity index (χ1n) is 12.6. The van der Waals surface area contributed by atoms with Gasteiger partial charge in [0.1, 0.15) is 11.2 Å². The Labute approximate surface area is 237 Å². The summed E-state index contributed by atoms with van der Waals surface area (Å²) in [4.78, 5) is 56.7. The van der Waals surface area contributed by atoms with Gasteiger partial charge >= 0.3 is 18.2 Å². The number of amides is 3. The number of carboxylic acid groups (broad SMARTS) is 1. The van der Waals surface area contributed by atoms with Gasteiger partial charge in [-0.15, -0.1) is 11.3 Å². The Balaban J connectivity index is 2.17. The van der Waals surface area contributed by atoms with Gasteiger partial charge < -0.3 is 19.9 Å². The summed E-state index contributed by atoms with van der Waals surface area (Å²) in [6.45, 7) is 11.7. The number of aliphatic imine (C=N–C) groups is 1. The molecule has 0 radical (unpaired) electrons. The van der Waals surface area contributed by atoms with E-state index < -0.39 is 29.4 Å². The molecular formula is C27H37N5O7S. The van der Waals surface area contributed by atoms with E-state index in [0.29, 0.717) is 30.1 Å². The quantitative estimate of drug-likeness (QED) is 0.253. The van der Waals surface area contributed by atoms with Crippen LogP contribution in [0, 0.1) is 0 Å². The standard InChI is InChI=1S/C27H37N5O7S/c1-16(33)28-23-30-19(20(40-23)14-15-21(34)35)13-10-17-8-11-18(12-9-17)29-22(31-24(36)38-26(2,3)4)32-25(37)39-27(5,6)7/h8-9,11-12H,10,13-15H2,1-7H3,(H,34,35)(H,28,30,33)(H2,29,31,32,36,37). The summed E-state index contributed by atoms with van der Waals surface area (Å²) in [6.07, 6.45) is -0.142. The molecule has 0 aliphatic carbocycles. The largest absolute Gasteiger partial charge is 0.481 e. The minimum atomic E-state index is -0.904. The lowest BCUT2D eigenvalue weighted by Gasteiger charge is -2.22. The number of aryl methyl sites for hydroxylation is 3. The van der Waals surface area contributed by atoms with Crippen molar-refractivity contribution in [2.45, 2.75) is 85.4 Å². The molecule has 1 aromatic heterocycles. The van der Waals surface area contributed by atoms with Gasteiger partial charge in [-0.05, 0) is 78.5 Å². The van der Waals surface area contributed by atoms with Gasteiger partial charge in [0, 0.05) is 11.8 Å². The molecule has 1 aromatic carbocycles. The van der Waals surface area contributed by atoms with Crippen LogP contribution in [-0.4, -0.2) is 51.3 Å². The molecule has 0 saturated heterocycles. The van der Waals surface area contributed by atoms with Gasteiger partial charge in [-0.25, -0.2) is 19.6 Å². The second kappa shape index (κ2) is 13.9. The summed E-state index contributed by atoms with van der Waals surface area (Å²) < 4.78 is 10.5. The topological polar surface area (TPSA) is 168 Å². The Morgan fingerprint density at radius 2 is 1.45 bits per heavy atom. The van der Waals surface area contributed by atoms with E-state index in [0.717, 1.165) is 16.1 Å². The van der Waals surface area contributed by atoms with Crippen molar-refractivity contribution in [3.8, 4) is 0 Å². The van der Waals surface area contributed by atoms with Crippen molar-refractivity contribution in [1.29, 1.82) is 0 Å². The monoisotopic (exact) mass is 575 g/mol. The third-order valence-electron chi connectivity index (χ3n) is 4.69. The SMILES string of the molecule is CC(=O)Nc1nc(CCc2ccc(N=C(NC(=O)OC(C)(C)C)NC(=O)OC(C)(C)C)cc2)c(CCC(=O)O)s1. The highest BCUT2D eigenvalue weighted by Crippen LogP contribution is 2.26. The fourth-order valence-corrected chi connectivity index (χ4v) is 4.27. The van der Waals surface area contributed by atoms with Crippen LogP contribution in [0.1, 0.15) is 71.0 Å². The van der Waals surface area contributed by atoms with Crippen LogP contribution in [0.5, 0.6) is 0 Å². The summed E-state index contributed by atoms with van der Waals surface area (Å²) in [5.41, 5.74) is 0.642. The molecule has 13 heteroatoms. The normalized spacial score (nSPS) is 11.3.